The summed E-state index contributed by atoms with van der Waals surface area (Å²) in [5.41, 5.74) is 0.634. The van der Waals surface area contributed by atoms with Gasteiger partial charge in [-0.25, -0.2) is 4.79 Å². The van der Waals surface area contributed by atoms with Gasteiger partial charge in [-0.2, -0.15) is 0 Å². The van der Waals surface area contributed by atoms with Gasteiger partial charge >= 0.3 is 5.97 Å². The van der Waals surface area contributed by atoms with Gasteiger partial charge < -0.3 is 9.52 Å². The van der Waals surface area contributed by atoms with Gasteiger partial charge in [-0.15, -0.1) is 6.58 Å². The maximum atomic E-state index is 12.3. The average molecular weight is 371 g/mol. The second-order valence-corrected chi connectivity index (χ2v) is 6.81. The Bertz CT molecular complexity index is 913. The van der Waals surface area contributed by atoms with E-state index in [0.29, 0.717) is 32.9 Å². The lowest BCUT2D eigenvalue weighted by molar-refractivity contribution is -0.121. The molecule has 0 aliphatic carbocycles. The van der Waals surface area contributed by atoms with Gasteiger partial charge in [0.2, 0.25) is 0 Å². The van der Waals surface area contributed by atoms with E-state index in [2.05, 4.69) is 6.58 Å². The first kappa shape index (κ1) is 17.2. The van der Waals surface area contributed by atoms with E-state index >= 15 is 0 Å². The lowest BCUT2D eigenvalue weighted by Gasteiger charge is -2.10. The molecule has 126 valence electrons. The molecule has 0 bridgehead atoms. The number of carboxylic acids is 1. The zero-order chi connectivity index (χ0) is 18.0. The Morgan fingerprint density at radius 3 is 2.80 bits per heavy atom. The summed E-state index contributed by atoms with van der Waals surface area (Å²) in [6, 6.07) is 9.95. The summed E-state index contributed by atoms with van der Waals surface area (Å²) in [5, 5.41) is 9.28. The maximum absolute atomic E-state index is 12.3. The van der Waals surface area contributed by atoms with Gasteiger partial charge in [0.25, 0.3) is 5.91 Å². The Balaban J connectivity index is 1.91. The number of thioether (sulfide) groups is 1. The fourth-order valence-electron chi connectivity index (χ4n) is 2.38. The highest BCUT2D eigenvalue weighted by atomic mass is 32.2. The molecule has 25 heavy (non-hydrogen) atoms. The van der Waals surface area contributed by atoms with Gasteiger partial charge in [0, 0.05) is 18.2 Å². The number of hydrogen-bond donors (Lipinski definition) is 1. The van der Waals surface area contributed by atoms with Crippen LogP contribution in [0.1, 0.15) is 16.1 Å². The van der Waals surface area contributed by atoms with Crippen LogP contribution < -0.4 is 0 Å². The molecule has 0 saturated carbocycles. The van der Waals surface area contributed by atoms with Crippen molar-refractivity contribution in [3.05, 3.63) is 65.3 Å². The smallest absolute Gasteiger partial charge is 0.336 e. The van der Waals surface area contributed by atoms with Crippen LogP contribution >= 0.6 is 24.0 Å². The van der Waals surface area contributed by atoms with Crippen LogP contribution in [-0.4, -0.2) is 32.7 Å². The molecule has 2 aromatic rings. The fraction of sp³-hybridized carbons (Fsp3) is 0.0556. The fourth-order valence-corrected chi connectivity index (χ4v) is 3.63. The van der Waals surface area contributed by atoms with E-state index in [-0.39, 0.29) is 11.5 Å². The summed E-state index contributed by atoms with van der Waals surface area (Å²) in [4.78, 5) is 25.6. The third-order valence-electron chi connectivity index (χ3n) is 3.51. The number of rotatable bonds is 5. The number of amides is 1. The number of carbonyl (C=O) groups is 2. The lowest BCUT2D eigenvalue weighted by Crippen LogP contribution is -2.27. The zero-order valence-electron chi connectivity index (χ0n) is 13.0. The van der Waals surface area contributed by atoms with Crippen LogP contribution in [0.15, 0.2) is 58.4 Å². The van der Waals surface area contributed by atoms with Gasteiger partial charge in [-0.3, -0.25) is 9.69 Å². The minimum Gasteiger partial charge on any atom is -0.478 e. The Labute approximate surface area is 153 Å². The van der Waals surface area contributed by atoms with Crippen LogP contribution in [0.3, 0.4) is 0 Å². The molecule has 1 aliphatic rings. The number of carboxylic acid groups (broad SMARTS) is 1. The predicted octanol–water partition coefficient (Wildman–Crippen LogP) is 4.03. The van der Waals surface area contributed by atoms with Crippen LogP contribution in [0.5, 0.6) is 0 Å². The van der Waals surface area contributed by atoms with Gasteiger partial charge in [0.05, 0.1) is 10.5 Å². The van der Waals surface area contributed by atoms with Gasteiger partial charge in [-0.1, -0.05) is 48.3 Å². The van der Waals surface area contributed by atoms with E-state index in [1.165, 1.54) is 22.7 Å². The Hall–Kier alpha value is -2.64. The van der Waals surface area contributed by atoms with E-state index in [1.807, 2.05) is 0 Å². The molecule has 1 aromatic heterocycles. The van der Waals surface area contributed by atoms with Gasteiger partial charge in [0.1, 0.15) is 15.8 Å². The third-order valence-corrected chi connectivity index (χ3v) is 4.89. The quantitative estimate of drug-likeness (QED) is 0.486. The highest BCUT2D eigenvalue weighted by molar-refractivity contribution is 8.26. The molecule has 1 aliphatic heterocycles. The van der Waals surface area contributed by atoms with Crippen LogP contribution in [-0.2, 0) is 4.79 Å². The van der Waals surface area contributed by atoms with E-state index < -0.39 is 5.97 Å². The van der Waals surface area contributed by atoms with Crippen molar-refractivity contribution in [2.24, 2.45) is 0 Å². The van der Waals surface area contributed by atoms with Crippen LogP contribution in [0, 0.1) is 0 Å². The Morgan fingerprint density at radius 1 is 1.32 bits per heavy atom. The number of furan rings is 1. The van der Waals surface area contributed by atoms with Crippen molar-refractivity contribution < 1.29 is 19.1 Å². The molecular formula is C18H13NO4S2. The van der Waals surface area contributed by atoms with Crippen LogP contribution in [0.4, 0.5) is 0 Å². The molecule has 0 spiro atoms. The van der Waals surface area contributed by atoms with Gasteiger partial charge in [-0.05, 0) is 18.2 Å². The normalized spacial score (nSPS) is 15.8. The Morgan fingerprint density at radius 2 is 2.08 bits per heavy atom. The highest BCUT2D eigenvalue weighted by Crippen LogP contribution is 2.34. The standard InChI is InChI=1S/C18H13NO4S2/c1-2-9-19-16(20)15(25-18(19)24)10-11-7-8-14(23-11)12-5-3-4-6-13(12)17(21)22/h2-8,10H,1,9H2,(H,21,22)/b15-10-. The number of aromatic carboxylic acids is 1. The first-order valence-electron chi connectivity index (χ1n) is 7.30. The van der Waals surface area contributed by atoms with Crippen molar-refractivity contribution in [2.75, 3.05) is 6.54 Å². The zero-order valence-corrected chi connectivity index (χ0v) is 14.6. The van der Waals surface area contributed by atoms with Crippen LogP contribution in [0.25, 0.3) is 17.4 Å². The van der Waals surface area contributed by atoms with Crippen molar-refractivity contribution in [3.63, 3.8) is 0 Å². The summed E-state index contributed by atoms with van der Waals surface area (Å²) in [7, 11) is 0. The van der Waals surface area contributed by atoms with E-state index in [1.54, 1.807) is 42.5 Å². The minimum atomic E-state index is -1.03. The van der Waals surface area contributed by atoms with Crippen molar-refractivity contribution >= 4 is 46.3 Å². The maximum Gasteiger partial charge on any atom is 0.336 e. The molecule has 1 amide bonds. The third kappa shape index (κ3) is 3.42. The predicted molar refractivity (Wildman–Crippen MR) is 101 cm³/mol. The number of carbonyl (C=O) groups excluding carboxylic acids is 1. The molecule has 7 heteroatoms. The molecule has 1 saturated heterocycles. The van der Waals surface area contributed by atoms with Crippen molar-refractivity contribution in [3.8, 4) is 11.3 Å². The number of thiocarbonyl (C=S) groups is 1. The monoisotopic (exact) mass is 371 g/mol. The number of benzene rings is 1. The SMILES string of the molecule is C=CCN1C(=O)/C(=C/c2ccc(-c3ccccc3C(=O)O)o2)SC1=S. The summed E-state index contributed by atoms with van der Waals surface area (Å²) in [6.45, 7) is 3.97. The van der Waals surface area contributed by atoms with E-state index in [0.717, 1.165) is 0 Å². The van der Waals surface area contributed by atoms with Crippen molar-refractivity contribution in [1.29, 1.82) is 0 Å². The van der Waals surface area contributed by atoms with E-state index in [9.17, 15) is 14.7 Å². The highest BCUT2D eigenvalue weighted by Gasteiger charge is 2.31. The molecule has 1 fully saturated rings. The largest absolute Gasteiger partial charge is 0.478 e. The molecule has 1 N–H and O–H groups in total. The summed E-state index contributed by atoms with van der Waals surface area (Å²) in [5.74, 6) is -0.349. The molecule has 0 unspecified atom stereocenters. The van der Waals surface area contributed by atoms with Crippen LogP contribution in [0.2, 0.25) is 0 Å². The minimum absolute atomic E-state index is 0.153. The number of nitrogens with zero attached hydrogens (tertiary/aromatic N) is 1. The molecule has 0 atom stereocenters. The first-order valence-corrected chi connectivity index (χ1v) is 8.52. The topological polar surface area (TPSA) is 70.8 Å². The lowest BCUT2D eigenvalue weighted by atomic mass is 10.1. The first-order chi connectivity index (χ1) is 12.0. The average Bonchev–Trinajstić information content (AvgIpc) is 3.16. The summed E-state index contributed by atoms with van der Waals surface area (Å²) >= 11 is 6.38. The molecule has 2 heterocycles. The summed E-state index contributed by atoms with van der Waals surface area (Å²) in [6.07, 6.45) is 3.22. The second-order valence-electron chi connectivity index (χ2n) is 5.13. The second kappa shape index (κ2) is 7.08. The van der Waals surface area contributed by atoms with Crippen molar-refractivity contribution in [1.82, 2.24) is 4.90 Å². The molecular weight excluding hydrogens is 358 g/mol. The van der Waals surface area contributed by atoms with E-state index in [4.69, 9.17) is 16.6 Å². The van der Waals surface area contributed by atoms with Gasteiger partial charge in [0.15, 0.2) is 0 Å². The Kier molecular flexibility index (Phi) is 4.87. The number of hydrogen-bond acceptors (Lipinski definition) is 5. The summed E-state index contributed by atoms with van der Waals surface area (Å²) < 4.78 is 6.19. The molecule has 0 radical (unpaired) electrons. The van der Waals surface area contributed by atoms with Crippen molar-refractivity contribution in [2.45, 2.75) is 0 Å². The molecule has 5 nitrogen and oxygen atoms in total. The molecule has 1 aromatic carbocycles. The molecule has 3 rings (SSSR count).